The molecular formula is C23H36O7. The van der Waals surface area contributed by atoms with Gasteiger partial charge in [-0.1, -0.05) is 51.9 Å². The first kappa shape index (κ1) is 27.4. The molecule has 0 saturated carbocycles. The van der Waals surface area contributed by atoms with Gasteiger partial charge >= 0.3 is 17.9 Å². The van der Waals surface area contributed by atoms with Gasteiger partial charge in [-0.25, -0.2) is 4.79 Å². The summed E-state index contributed by atoms with van der Waals surface area (Å²) in [6, 6.07) is 6.51. The normalized spacial score (nSPS) is 10.0. The van der Waals surface area contributed by atoms with E-state index < -0.39 is 17.9 Å². The lowest BCUT2D eigenvalue weighted by Crippen LogP contribution is -1.99. The average molecular weight is 425 g/mol. The fourth-order valence-corrected chi connectivity index (χ4v) is 2.67. The van der Waals surface area contributed by atoms with Gasteiger partial charge in [0.05, 0.1) is 12.2 Å². The van der Waals surface area contributed by atoms with E-state index in [1.807, 2.05) is 0 Å². The number of carboxylic acid groups (broad SMARTS) is 3. The van der Waals surface area contributed by atoms with Crippen LogP contribution in [-0.4, -0.2) is 39.8 Å². The maximum absolute atomic E-state index is 10.6. The Morgan fingerprint density at radius 1 is 0.700 bits per heavy atom. The van der Waals surface area contributed by atoms with Gasteiger partial charge in [0.15, 0.2) is 0 Å². The maximum atomic E-state index is 10.6. The van der Waals surface area contributed by atoms with Crippen LogP contribution in [0.2, 0.25) is 0 Å². The second kappa shape index (κ2) is 18.5. The fourth-order valence-electron chi connectivity index (χ4n) is 2.67. The molecule has 1 aromatic carbocycles. The van der Waals surface area contributed by atoms with Crippen molar-refractivity contribution >= 4 is 17.9 Å². The van der Waals surface area contributed by atoms with Crippen LogP contribution in [-0.2, 0) is 9.59 Å². The second-order valence-corrected chi connectivity index (χ2v) is 7.15. The summed E-state index contributed by atoms with van der Waals surface area (Å²) in [4.78, 5) is 30.9. The van der Waals surface area contributed by atoms with Gasteiger partial charge in [0.2, 0.25) is 0 Å². The highest BCUT2D eigenvalue weighted by atomic mass is 16.5. The zero-order valence-electron chi connectivity index (χ0n) is 18.0. The molecule has 0 aromatic heterocycles. The smallest absolute Gasteiger partial charge is 0.335 e. The van der Waals surface area contributed by atoms with E-state index in [9.17, 15) is 14.4 Å². The molecule has 170 valence electrons. The summed E-state index contributed by atoms with van der Waals surface area (Å²) in [5.74, 6) is -1.65. The van der Waals surface area contributed by atoms with E-state index in [4.69, 9.17) is 20.1 Å². The summed E-state index contributed by atoms with van der Waals surface area (Å²) < 4.78 is 5.49. The van der Waals surface area contributed by atoms with Gasteiger partial charge in [-0.3, -0.25) is 9.59 Å². The molecule has 0 spiro atoms. The van der Waals surface area contributed by atoms with Gasteiger partial charge in [-0.2, -0.15) is 0 Å². The highest BCUT2D eigenvalue weighted by molar-refractivity contribution is 5.87. The van der Waals surface area contributed by atoms with Crippen LogP contribution in [0.1, 0.15) is 94.3 Å². The molecule has 0 heterocycles. The van der Waals surface area contributed by atoms with Gasteiger partial charge in [-0.05, 0) is 43.5 Å². The summed E-state index contributed by atoms with van der Waals surface area (Å²) in [6.07, 6.45) is 10.5. The van der Waals surface area contributed by atoms with E-state index in [0.29, 0.717) is 12.2 Å². The lowest BCUT2D eigenvalue weighted by Gasteiger charge is -2.05. The number of aromatic carboxylic acids is 1. The maximum Gasteiger partial charge on any atom is 0.335 e. The first-order valence-corrected chi connectivity index (χ1v) is 10.8. The van der Waals surface area contributed by atoms with Crippen molar-refractivity contribution in [1.82, 2.24) is 0 Å². The zero-order valence-corrected chi connectivity index (χ0v) is 18.0. The molecule has 0 aliphatic heterocycles. The van der Waals surface area contributed by atoms with Crippen molar-refractivity contribution < 1.29 is 34.4 Å². The van der Waals surface area contributed by atoms with Crippen molar-refractivity contribution in [2.45, 2.75) is 84.0 Å². The van der Waals surface area contributed by atoms with Crippen LogP contribution in [0.5, 0.6) is 5.75 Å². The molecule has 1 rings (SSSR count). The SMILES string of the molecule is CCCCCCOc1ccc(C(=O)O)cc1.O=C(O)CCCCCCCCC(=O)O. The Bertz CT molecular complexity index is 576. The van der Waals surface area contributed by atoms with E-state index >= 15 is 0 Å². The second-order valence-electron chi connectivity index (χ2n) is 7.15. The van der Waals surface area contributed by atoms with Gasteiger partial charge in [0.25, 0.3) is 0 Å². The number of carboxylic acids is 3. The van der Waals surface area contributed by atoms with Crippen molar-refractivity contribution in [1.29, 1.82) is 0 Å². The number of carbonyl (C=O) groups is 3. The Kier molecular flexibility index (Phi) is 16.9. The molecule has 0 bridgehead atoms. The van der Waals surface area contributed by atoms with E-state index in [0.717, 1.165) is 50.7 Å². The van der Waals surface area contributed by atoms with Crippen LogP contribution in [0.15, 0.2) is 24.3 Å². The molecule has 0 fully saturated rings. The zero-order chi connectivity index (χ0) is 22.6. The lowest BCUT2D eigenvalue weighted by molar-refractivity contribution is -0.138. The van der Waals surface area contributed by atoms with Gasteiger partial charge < -0.3 is 20.1 Å². The molecule has 7 nitrogen and oxygen atoms in total. The molecule has 0 radical (unpaired) electrons. The monoisotopic (exact) mass is 424 g/mol. The Labute approximate surface area is 179 Å². The number of hydrogen-bond acceptors (Lipinski definition) is 4. The summed E-state index contributed by atoms with van der Waals surface area (Å²) in [5, 5.41) is 25.4. The standard InChI is InChI=1S/C13H18O3.C10H18O4/c1-2-3-4-5-10-16-12-8-6-11(7-9-12)13(14)15;11-9(12)7-5-3-1-2-4-6-8-10(13)14/h6-9H,2-5,10H2,1H3,(H,14,15);1-8H2,(H,11,12)(H,13,14). The Balaban J connectivity index is 0.000000567. The topological polar surface area (TPSA) is 121 Å². The molecule has 1 aromatic rings. The van der Waals surface area contributed by atoms with Gasteiger partial charge in [0, 0.05) is 12.8 Å². The molecule has 0 unspecified atom stereocenters. The van der Waals surface area contributed by atoms with Crippen molar-refractivity contribution in [2.24, 2.45) is 0 Å². The minimum absolute atomic E-state index is 0.245. The fraction of sp³-hybridized carbons (Fsp3) is 0.609. The van der Waals surface area contributed by atoms with Crippen molar-refractivity contribution in [2.75, 3.05) is 6.61 Å². The minimum Gasteiger partial charge on any atom is -0.494 e. The van der Waals surface area contributed by atoms with E-state index in [1.165, 1.54) is 19.3 Å². The Hall–Kier alpha value is -2.57. The van der Waals surface area contributed by atoms with Crippen LogP contribution in [0.4, 0.5) is 0 Å². The number of rotatable bonds is 16. The van der Waals surface area contributed by atoms with Crippen molar-refractivity contribution in [3.63, 3.8) is 0 Å². The largest absolute Gasteiger partial charge is 0.494 e. The molecular weight excluding hydrogens is 388 g/mol. The number of benzene rings is 1. The van der Waals surface area contributed by atoms with Crippen molar-refractivity contribution in [3.05, 3.63) is 29.8 Å². The molecule has 0 aliphatic rings. The number of aliphatic carboxylic acids is 2. The number of ether oxygens (including phenoxy) is 1. The molecule has 0 atom stereocenters. The first-order valence-electron chi connectivity index (χ1n) is 10.8. The summed E-state index contributed by atoms with van der Waals surface area (Å²) in [7, 11) is 0. The average Bonchev–Trinajstić information content (AvgIpc) is 2.70. The Morgan fingerprint density at radius 3 is 1.60 bits per heavy atom. The molecule has 0 amide bonds. The molecule has 30 heavy (non-hydrogen) atoms. The van der Waals surface area contributed by atoms with Crippen LogP contribution in [0.3, 0.4) is 0 Å². The number of unbranched alkanes of at least 4 members (excludes halogenated alkanes) is 8. The number of hydrogen-bond donors (Lipinski definition) is 3. The van der Waals surface area contributed by atoms with Crippen LogP contribution < -0.4 is 4.74 Å². The van der Waals surface area contributed by atoms with E-state index in [2.05, 4.69) is 6.92 Å². The van der Waals surface area contributed by atoms with Crippen LogP contribution >= 0.6 is 0 Å². The van der Waals surface area contributed by atoms with Gasteiger partial charge in [0.1, 0.15) is 5.75 Å². The molecule has 7 heteroatoms. The van der Waals surface area contributed by atoms with E-state index in [-0.39, 0.29) is 12.8 Å². The predicted molar refractivity (Wildman–Crippen MR) is 115 cm³/mol. The quantitative estimate of drug-likeness (QED) is 0.294. The summed E-state index contributed by atoms with van der Waals surface area (Å²) >= 11 is 0. The predicted octanol–water partition coefficient (Wildman–Crippen LogP) is 5.62. The lowest BCUT2D eigenvalue weighted by atomic mass is 10.1. The summed E-state index contributed by atoms with van der Waals surface area (Å²) in [6.45, 7) is 2.87. The van der Waals surface area contributed by atoms with Crippen molar-refractivity contribution in [3.8, 4) is 5.75 Å². The third kappa shape index (κ3) is 17.5. The third-order valence-corrected chi connectivity index (χ3v) is 4.40. The first-order chi connectivity index (χ1) is 14.4. The van der Waals surface area contributed by atoms with Crippen LogP contribution in [0, 0.1) is 0 Å². The van der Waals surface area contributed by atoms with Crippen LogP contribution in [0.25, 0.3) is 0 Å². The minimum atomic E-state index is -0.908. The highest BCUT2D eigenvalue weighted by Gasteiger charge is 2.02. The van der Waals surface area contributed by atoms with Gasteiger partial charge in [-0.15, -0.1) is 0 Å². The molecule has 0 saturated heterocycles. The summed E-state index contributed by atoms with van der Waals surface area (Å²) in [5.41, 5.74) is 0.290. The Morgan fingerprint density at radius 2 is 1.17 bits per heavy atom. The van der Waals surface area contributed by atoms with E-state index in [1.54, 1.807) is 24.3 Å². The molecule has 3 N–H and O–H groups in total. The third-order valence-electron chi connectivity index (χ3n) is 4.40. The molecule has 0 aliphatic carbocycles. The highest BCUT2D eigenvalue weighted by Crippen LogP contribution is 2.13.